The number of H-pyrrole nitrogens is 1. The van der Waals surface area contributed by atoms with E-state index in [4.69, 9.17) is 4.98 Å². The van der Waals surface area contributed by atoms with Crippen LogP contribution in [0.1, 0.15) is 184 Å². The Hall–Kier alpha value is -6.37. The standard InChI is InChI=1S/C27H35N5O.C15H14N6.C9H19N.C3H8.C2H6/c1-5-9-21(10-6-2)31-27(33)24-17-29-32-14-13-20(15-25(24)32)22(7-3)23-16-28-26(30-18(23)4)19-11-8-12-19;1-9-6-19-21-4-3-10(5-13(9)21)11-7-17-14-12(11)8-18-15(16-2)20-14;1-4-7-9(8-5-2)10-6-3;1-3-2;1-2/h7,13-17,19,21H,5-6,8-12H2,1-4H3,(H,31,33);3-8H,1-2H3,(H2,16,17,18,20);6,9-10H,3-5,7-8H2,1-2H3;3H2,1-2H3;1-2H3/b22-7-;;;;. The van der Waals surface area contributed by atoms with Gasteiger partial charge in [-0.1, -0.05) is 107 Å². The second-order valence-electron chi connectivity index (χ2n) is 17.4. The van der Waals surface area contributed by atoms with Crippen LogP contribution in [0.5, 0.6) is 0 Å². The van der Waals surface area contributed by atoms with Crippen molar-refractivity contribution in [3.63, 3.8) is 0 Å². The lowest BCUT2D eigenvalue weighted by atomic mass is 9.84. The average molecular weight is 939 g/mol. The summed E-state index contributed by atoms with van der Waals surface area (Å²) in [6.45, 7) is 26.8. The molecular formula is C56H82N12O. The van der Waals surface area contributed by atoms with Crippen molar-refractivity contribution in [2.24, 2.45) is 0 Å². The van der Waals surface area contributed by atoms with E-state index in [2.05, 4.69) is 120 Å². The maximum absolute atomic E-state index is 13.1. The molecule has 0 aromatic carbocycles. The highest BCUT2D eigenvalue weighted by molar-refractivity contribution is 6.01. The molecule has 0 aliphatic heterocycles. The molecule has 1 saturated carbocycles. The summed E-state index contributed by atoms with van der Waals surface area (Å²) in [5.74, 6) is 2.04. The Morgan fingerprint density at radius 2 is 1.46 bits per heavy atom. The quantitative estimate of drug-likeness (QED) is 0.0698. The van der Waals surface area contributed by atoms with Crippen molar-refractivity contribution in [2.45, 2.75) is 171 Å². The summed E-state index contributed by atoms with van der Waals surface area (Å²) < 4.78 is 3.65. The number of amides is 1. The molecule has 13 heteroatoms. The van der Waals surface area contributed by atoms with E-state index in [0.29, 0.717) is 23.5 Å². The number of hydrogen-bond donors (Lipinski definition) is 4. The van der Waals surface area contributed by atoms with Gasteiger partial charge in [0, 0.05) is 78.2 Å². The summed E-state index contributed by atoms with van der Waals surface area (Å²) in [5, 5.41) is 19.1. The van der Waals surface area contributed by atoms with E-state index >= 15 is 0 Å². The number of nitrogens with one attached hydrogen (secondary N) is 4. The number of allylic oxidation sites excluding steroid dienone is 1. The highest BCUT2D eigenvalue weighted by Gasteiger charge is 2.24. The number of aromatic amines is 1. The Labute approximate surface area is 412 Å². The first-order chi connectivity index (χ1) is 33.6. The fraction of sp³-hybridized carbons (Fsp3) is 0.482. The van der Waals surface area contributed by atoms with E-state index in [1.165, 1.54) is 51.4 Å². The first kappa shape index (κ1) is 55.2. The molecule has 0 radical (unpaired) electrons. The van der Waals surface area contributed by atoms with Gasteiger partial charge in [-0.3, -0.25) is 4.79 Å². The van der Waals surface area contributed by atoms with Crippen molar-refractivity contribution in [3.8, 4) is 11.1 Å². The van der Waals surface area contributed by atoms with Gasteiger partial charge in [-0.2, -0.15) is 15.2 Å². The Bertz CT molecular complexity index is 2660. The molecule has 1 fully saturated rings. The number of nitrogens with zero attached hydrogens (tertiary/aromatic N) is 8. The topological polar surface area (TPSA) is 155 Å². The van der Waals surface area contributed by atoms with Crippen LogP contribution in [0.4, 0.5) is 5.95 Å². The van der Waals surface area contributed by atoms with Crippen LogP contribution < -0.4 is 16.0 Å². The van der Waals surface area contributed by atoms with Crippen LogP contribution in [0.25, 0.3) is 38.8 Å². The molecule has 69 heavy (non-hydrogen) atoms. The molecule has 7 aromatic rings. The second kappa shape index (κ2) is 28.8. The number of rotatable bonds is 17. The van der Waals surface area contributed by atoms with Gasteiger partial charge in [0.2, 0.25) is 5.95 Å². The van der Waals surface area contributed by atoms with E-state index in [1.807, 2.05) is 80.7 Å². The van der Waals surface area contributed by atoms with Crippen molar-refractivity contribution in [1.29, 1.82) is 0 Å². The molecule has 0 atom stereocenters. The van der Waals surface area contributed by atoms with Gasteiger partial charge in [0.05, 0.1) is 29.0 Å². The van der Waals surface area contributed by atoms with Gasteiger partial charge < -0.3 is 20.9 Å². The minimum Gasteiger partial charge on any atom is -0.389 e. The highest BCUT2D eigenvalue weighted by atomic mass is 16.1. The monoisotopic (exact) mass is 939 g/mol. The molecule has 7 heterocycles. The Morgan fingerprint density at radius 1 is 0.826 bits per heavy atom. The molecule has 0 unspecified atom stereocenters. The minimum atomic E-state index is -0.0551. The lowest BCUT2D eigenvalue weighted by Gasteiger charge is -2.24. The maximum Gasteiger partial charge on any atom is 0.255 e. The van der Waals surface area contributed by atoms with Crippen LogP contribution in [-0.4, -0.2) is 69.2 Å². The predicted molar refractivity (Wildman–Crippen MR) is 289 cm³/mol. The van der Waals surface area contributed by atoms with Gasteiger partial charge in [-0.05, 0) is 112 Å². The fourth-order valence-corrected chi connectivity index (χ4v) is 8.37. The van der Waals surface area contributed by atoms with E-state index < -0.39 is 0 Å². The number of hydrogen-bond acceptors (Lipinski definition) is 9. The number of aryl methyl sites for hydroxylation is 2. The van der Waals surface area contributed by atoms with Crippen molar-refractivity contribution in [1.82, 2.24) is 54.8 Å². The van der Waals surface area contributed by atoms with Crippen LogP contribution >= 0.6 is 0 Å². The average Bonchev–Trinajstić information content (AvgIpc) is 4.07. The molecule has 1 aliphatic carbocycles. The summed E-state index contributed by atoms with van der Waals surface area (Å²) >= 11 is 0. The van der Waals surface area contributed by atoms with Crippen LogP contribution in [-0.2, 0) is 0 Å². The molecule has 1 amide bonds. The minimum absolute atomic E-state index is 0.0551. The summed E-state index contributed by atoms with van der Waals surface area (Å²) in [6, 6.07) is 9.13. The van der Waals surface area contributed by atoms with Gasteiger partial charge in [0.15, 0.2) is 0 Å². The highest BCUT2D eigenvalue weighted by Crippen LogP contribution is 2.35. The molecule has 4 N–H and O–H groups in total. The lowest BCUT2D eigenvalue weighted by molar-refractivity contribution is 0.0934. The molecule has 0 saturated heterocycles. The number of aromatic nitrogens is 9. The zero-order valence-corrected chi connectivity index (χ0v) is 43.9. The smallest absolute Gasteiger partial charge is 0.255 e. The molecule has 0 bridgehead atoms. The molecule has 7 aromatic heterocycles. The molecule has 8 rings (SSSR count). The van der Waals surface area contributed by atoms with E-state index in [0.717, 1.165) is 92.7 Å². The first-order valence-electron chi connectivity index (χ1n) is 25.7. The molecule has 372 valence electrons. The number of carbonyl (C=O) groups is 1. The Kier molecular flexibility index (Phi) is 23.1. The summed E-state index contributed by atoms with van der Waals surface area (Å²) in [7, 11) is 1.81. The Balaban J connectivity index is 0.000000244. The van der Waals surface area contributed by atoms with Crippen LogP contribution in [0.2, 0.25) is 0 Å². The van der Waals surface area contributed by atoms with Crippen molar-refractivity contribution >= 4 is 39.5 Å². The number of anilines is 1. The summed E-state index contributed by atoms with van der Waals surface area (Å²) in [6.07, 6.45) is 31.1. The maximum atomic E-state index is 13.1. The van der Waals surface area contributed by atoms with Gasteiger partial charge in [-0.15, -0.1) is 0 Å². The molecule has 1 aliphatic rings. The molecular weight excluding hydrogens is 857 g/mol. The Morgan fingerprint density at radius 3 is 2.06 bits per heavy atom. The fourth-order valence-electron chi connectivity index (χ4n) is 8.37. The largest absolute Gasteiger partial charge is 0.389 e. The van der Waals surface area contributed by atoms with Gasteiger partial charge in [0.1, 0.15) is 11.5 Å². The van der Waals surface area contributed by atoms with Crippen LogP contribution in [0.15, 0.2) is 86.5 Å². The lowest BCUT2D eigenvalue weighted by Crippen LogP contribution is -2.34. The third kappa shape index (κ3) is 14.8. The van der Waals surface area contributed by atoms with Crippen LogP contribution in [0, 0.1) is 13.8 Å². The second-order valence-corrected chi connectivity index (χ2v) is 17.4. The van der Waals surface area contributed by atoms with E-state index in [1.54, 1.807) is 24.0 Å². The number of fused-ring (bicyclic) bond motifs is 3. The number of carbonyl (C=O) groups excluding carboxylic acids is 1. The van der Waals surface area contributed by atoms with Gasteiger partial charge in [0.25, 0.3) is 5.91 Å². The molecule has 0 spiro atoms. The normalized spacial score (nSPS) is 12.2. The van der Waals surface area contributed by atoms with Crippen molar-refractivity contribution in [2.75, 3.05) is 12.4 Å². The SMILES string of the molecule is C/C=C(/c1ccn2ncc(C(=O)NC(CCC)CCC)c2c1)c1cnc(C2CCC2)nc1C.C=CNC(CCC)CCC.CC.CCC.CNc1ncc2c(-c3ccn4ncc(C)c4c3)c[nH]c2n1. The predicted octanol–water partition coefficient (Wildman–Crippen LogP) is 13.6. The number of pyridine rings is 2. The summed E-state index contributed by atoms with van der Waals surface area (Å²) in [4.78, 5) is 34.5. The van der Waals surface area contributed by atoms with Crippen LogP contribution in [0.3, 0.4) is 0 Å². The van der Waals surface area contributed by atoms with Crippen molar-refractivity contribution < 1.29 is 4.79 Å². The van der Waals surface area contributed by atoms with Crippen molar-refractivity contribution in [3.05, 3.63) is 120 Å². The first-order valence-corrected chi connectivity index (χ1v) is 25.7. The zero-order chi connectivity index (χ0) is 50.3. The third-order valence-corrected chi connectivity index (χ3v) is 12.0. The van der Waals surface area contributed by atoms with E-state index in [-0.39, 0.29) is 11.9 Å². The van der Waals surface area contributed by atoms with E-state index in [9.17, 15) is 4.79 Å². The zero-order valence-electron chi connectivity index (χ0n) is 43.9. The van der Waals surface area contributed by atoms with Gasteiger partial charge in [-0.25, -0.2) is 24.0 Å². The summed E-state index contributed by atoms with van der Waals surface area (Å²) in [5.41, 5.74) is 10.8. The van der Waals surface area contributed by atoms with Gasteiger partial charge >= 0.3 is 0 Å². The molecule has 13 nitrogen and oxygen atoms in total. The third-order valence-electron chi connectivity index (χ3n) is 12.0.